The highest BCUT2D eigenvalue weighted by molar-refractivity contribution is 5.74. The molecule has 3 nitrogen and oxygen atoms in total. The number of nitrogens with zero attached hydrogens (tertiary/aromatic N) is 2. The molecule has 0 amide bonds. The van der Waals surface area contributed by atoms with Crippen LogP contribution in [0.4, 0.5) is 0 Å². The van der Waals surface area contributed by atoms with E-state index in [0.717, 1.165) is 11.3 Å². The van der Waals surface area contributed by atoms with E-state index in [1.165, 1.54) is 0 Å². The number of ether oxygens (including phenoxy) is 1. The number of hydrogen-bond acceptors (Lipinski definition) is 3. The van der Waals surface area contributed by atoms with E-state index in [1.807, 2.05) is 37.3 Å². The quantitative estimate of drug-likeness (QED) is 0.450. The summed E-state index contributed by atoms with van der Waals surface area (Å²) in [5.74, 6) is 0.836. The third-order valence-corrected chi connectivity index (χ3v) is 2.27. The number of hydrogen-bond donors (Lipinski definition) is 0. The molecule has 0 aliphatic carbocycles. The van der Waals surface area contributed by atoms with Gasteiger partial charge in [-0.05, 0) is 36.8 Å². The molecule has 0 aliphatic rings. The van der Waals surface area contributed by atoms with E-state index >= 15 is 0 Å². The first-order chi connectivity index (χ1) is 8.80. The lowest BCUT2D eigenvalue weighted by Gasteiger charge is -1.99. The molecule has 18 heavy (non-hydrogen) atoms. The van der Waals surface area contributed by atoms with Gasteiger partial charge in [-0.3, -0.25) is 4.99 Å². The lowest BCUT2D eigenvalue weighted by Crippen LogP contribution is -1.85. The van der Waals surface area contributed by atoms with Crippen LogP contribution >= 0.6 is 0 Å². The van der Waals surface area contributed by atoms with Gasteiger partial charge < -0.3 is 4.74 Å². The van der Waals surface area contributed by atoms with Gasteiger partial charge in [0.2, 0.25) is 0 Å². The van der Waals surface area contributed by atoms with Gasteiger partial charge in [0.05, 0.1) is 25.3 Å². The van der Waals surface area contributed by atoms with Crippen LogP contribution in [0.5, 0.6) is 5.75 Å². The SMILES string of the molecule is C\C=C/C(C#N)=C\C=N\Cc1ccc(OC)cc1. The molecule has 0 aliphatic heterocycles. The molecule has 0 unspecified atom stereocenters. The summed E-state index contributed by atoms with van der Waals surface area (Å²) in [6, 6.07) is 9.83. The standard InChI is InChI=1S/C15H16N2O/c1-3-4-13(11-16)9-10-17-12-14-5-7-15(18-2)8-6-14/h3-10H,12H2,1-2H3/b4-3-,13-9+,17-10+. The van der Waals surface area contributed by atoms with Crippen LogP contribution in [-0.2, 0) is 6.54 Å². The van der Waals surface area contributed by atoms with Gasteiger partial charge in [-0.1, -0.05) is 18.2 Å². The average molecular weight is 240 g/mol. The van der Waals surface area contributed by atoms with Crippen molar-refractivity contribution in [1.82, 2.24) is 0 Å². The summed E-state index contributed by atoms with van der Waals surface area (Å²) < 4.78 is 5.08. The Hall–Kier alpha value is -2.34. The Kier molecular flexibility index (Phi) is 5.99. The smallest absolute Gasteiger partial charge is 0.118 e. The van der Waals surface area contributed by atoms with E-state index in [1.54, 1.807) is 25.5 Å². The molecule has 1 rings (SSSR count). The predicted molar refractivity (Wildman–Crippen MR) is 73.7 cm³/mol. The Morgan fingerprint density at radius 1 is 1.39 bits per heavy atom. The van der Waals surface area contributed by atoms with Crippen molar-refractivity contribution in [2.45, 2.75) is 13.5 Å². The second-order valence-electron chi connectivity index (χ2n) is 3.57. The van der Waals surface area contributed by atoms with Crippen LogP contribution in [0, 0.1) is 11.3 Å². The van der Waals surface area contributed by atoms with Crippen molar-refractivity contribution in [3.8, 4) is 11.8 Å². The first kappa shape index (κ1) is 13.7. The highest BCUT2D eigenvalue weighted by Crippen LogP contribution is 2.11. The minimum absolute atomic E-state index is 0.592. The molecular weight excluding hydrogens is 224 g/mol. The van der Waals surface area contributed by atoms with Gasteiger partial charge in [0.15, 0.2) is 0 Å². The Morgan fingerprint density at radius 3 is 2.67 bits per heavy atom. The maximum atomic E-state index is 8.79. The van der Waals surface area contributed by atoms with E-state index in [-0.39, 0.29) is 0 Å². The Balaban J connectivity index is 2.56. The first-order valence-corrected chi connectivity index (χ1v) is 5.66. The summed E-state index contributed by atoms with van der Waals surface area (Å²) in [5.41, 5.74) is 1.70. The van der Waals surface area contributed by atoms with Crippen molar-refractivity contribution in [2.24, 2.45) is 4.99 Å². The summed E-state index contributed by atoms with van der Waals surface area (Å²) in [7, 11) is 1.64. The highest BCUT2D eigenvalue weighted by Gasteiger charge is 1.91. The average Bonchev–Trinajstić information content (AvgIpc) is 2.43. The third-order valence-electron chi connectivity index (χ3n) is 2.27. The number of rotatable bonds is 5. The van der Waals surface area contributed by atoms with Gasteiger partial charge in [0, 0.05) is 6.21 Å². The van der Waals surface area contributed by atoms with Crippen molar-refractivity contribution in [1.29, 1.82) is 5.26 Å². The lowest BCUT2D eigenvalue weighted by molar-refractivity contribution is 0.414. The predicted octanol–water partition coefficient (Wildman–Crippen LogP) is 3.29. The molecule has 0 spiro atoms. The Morgan fingerprint density at radius 2 is 2.11 bits per heavy atom. The fourth-order valence-corrected chi connectivity index (χ4v) is 1.33. The zero-order chi connectivity index (χ0) is 13.2. The number of nitriles is 1. The second-order valence-corrected chi connectivity index (χ2v) is 3.57. The van der Waals surface area contributed by atoms with Gasteiger partial charge in [0.25, 0.3) is 0 Å². The number of aliphatic imine (C=N–C) groups is 1. The van der Waals surface area contributed by atoms with Gasteiger partial charge in [-0.15, -0.1) is 0 Å². The van der Waals surface area contributed by atoms with Gasteiger partial charge in [0.1, 0.15) is 5.75 Å². The van der Waals surface area contributed by atoms with E-state index < -0.39 is 0 Å². The van der Waals surface area contributed by atoms with Gasteiger partial charge in [-0.25, -0.2) is 0 Å². The minimum atomic E-state index is 0.592. The van der Waals surface area contributed by atoms with Crippen LogP contribution in [-0.4, -0.2) is 13.3 Å². The maximum Gasteiger partial charge on any atom is 0.118 e. The van der Waals surface area contributed by atoms with Crippen LogP contribution < -0.4 is 4.74 Å². The van der Waals surface area contributed by atoms with Crippen LogP contribution in [0.2, 0.25) is 0 Å². The molecular formula is C15H16N2O. The minimum Gasteiger partial charge on any atom is -0.497 e. The molecule has 0 heterocycles. The van der Waals surface area contributed by atoms with Crippen LogP contribution in [0.15, 0.2) is 53.1 Å². The van der Waals surface area contributed by atoms with E-state index in [2.05, 4.69) is 11.1 Å². The molecule has 0 N–H and O–H groups in total. The first-order valence-electron chi connectivity index (χ1n) is 5.66. The number of methoxy groups -OCH3 is 1. The van der Waals surface area contributed by atoms with Crippen LogP contribution in [0.25, 0.3) is 0 Å². The monoisotopic (exact) mass is 240 g/mol. The van der Waals surface area contributed by atoms with Crippen molar-refractivity contribution in [3.63, 3.8) is 0 Å². The van der Waals surface area contributed by atoms with Crippen molar-refractivity contribution < 1.29 is 4.74 Å². The lowest BCUT2D eigenvalue weighted by atomic mass is 10.2. The maximum absolute atomic E-state index is 8.79. The van der Waals surface area contributed by atoms with E-state index in [9.17, 15) is 0 Å². The van der Waals surface area contributed by atoms with E-state index in [4.69, 9.17) is 10.00 Å². The molecule has 0 saturated carbocycles. The van der Waals surface area contributed by atoms with Gasteiger partial charge in [-0.2, -0.15) is 5.26 Å². The zero-order valence-electron chi connectivity index (χ0n) is 10.6. The zero-order valence-corrected chi connectivity index (χ0v) is 10.6. The Bertz CT molecular complexity index is 490. The van der Waals surface area contributed by atoms with Crippen molar-refractivity contribution >= 4 is 6.21 Å². The molecule has 1 aromatic carbocycles. The third kappa shape index (κ3) is 4.67. The number of benzene rings is 1. The summed E-state index contributed by atoms with van der Waals surface area (Å²) in [5, 5.41) is 8.79. The largest absolute Gasteiger partial charge is 0.497 e. The molecule has 0 fully saturated rings. The fourth-order valence-electron chi connectivity index (χ4n) is 1.33. The summed E-state index contributed by atoms with van der Waals surface area (Å²) in [4.78, 5) is 4.24. The molecule has 92 valence electrons. The molecule has 1 aromatic rings. The molecule has 0 bridgehead atoms. The van der Waals surface area contributed by atoms with Gasteiger partial charge >= 0.3 is 0 Å². The molecule has 0 aromatic heterocycles. The van der Waals surface area contributed by atoms with Crippen LogP contribution in [0.1, 0.15) is 12.5 Å². The second kappa shape index (κ2) is 7.86. The highest BCUT2D eigenvalue weighted by atomic mass is 16.5. The summed E-state index contributed by atoms with van der Waals surface area (Å²) in [6.45, 7) is 2.47. The summed E-state index contributed by atoms with van der Waals surface area (Å²) in [6.07, 6.45) is 6.93. The van der Waals surface area contributed by atoms with Crippen LogP contribution in [0.3, 0.4) is 0 Å². The number of allylic oxidation sites excluding steroid dienone is 4. The molecule has 0 atom stereocenters. The van der Waals surface area contributed by atoms with Crippen molar-refractivity contribution in [3.05, 3.63) is 53.6 Å². The fraction of sp³-hybridized carbons (Fsp3) is 0.200. The summed E-state index contributed by atoms with van der Waals surface area (Å²) >= 11 is 0. The normalized spacial score (nSPS) is 11.9. The Labute approximate surface area is 108 Å². The van der Waals surface area contributed by atoms with Crippen molar-refractivity contribution in [2.75, 3.05) is 7.11 Å². The molecule has 3 heteroatoms. The molecule has 0 radical (unpaired) electrons. The molecule has 0 saturated heterocycles. The van der Waals surface area contributed by atoms with E-state index in [0.29, 0.717) is 12.1 Å². The topological polar surface area (TPSA) is 45.4 Å².